The van der Waals surface area contributed by atoms with Gasteiger partial charge < -0.3 is 14.4 Å². The van der Waals surface area contributed by atoms with Gasteiger partial charge in [0.25, 0.3) is 0 Å². The summed E-state index contributed by atoms with van der Waals surface area (Å²) in [7, 11) is 0. The topological polar surface area (TPSA) is 71.8 Å². The number of rotatable bonds is 3. The second kappa shape index (κ2) is 5.95. The number of amides is 1. The molecule has 6 heteroatoms. The molecule has 2 heterocycles. The third-order valence-electron chi connectivity index (χ3n) is 5.35. The summed E-state index contributed by atoms with van der Waals surface area (Å²) in [6.45, 7) is 1.19. The molecule has 0 radical (unpaired) electrons. The molecule has 1 saturated carbocycles. The maximum Gasteiger partial charge on any atom is 0.410 e. The quantitative estimate of drug-likeness (QED) is 0.931. The standard InChI is InChI=1S/C19H20N2O4/c22-17(23)15-7-8-16-19(9-4-10-19)21(12-11-20(15)16)18(24)25-13-14-5-2-1-3-6-14/h1-3,5-8H,4,9-13H2,(H,22,23). The van der Waals surface area contributed by atoms with E-state index in [1.54, 1.807) is 11.0 Å². The smallest absolute Gasteiger partial charge is 0.410 e. The van der Waals surface area contributed by atoms with Crippen molar-refractivity contribution < 1.29 is 19.4 Å². The Hall–Kier alpha value is -2.76. The van der Waals surface area contributed by atoms with Gasteiger partial charge in [0.1, 0.15) is 12.3 Å². The number of carboxylic acids is 1. The summed E-state index contributed by atoms with van der Waals surface area (Å²) >= 11 is 0. The van der Waals surface area contributed by atoms with Crippen LogP contribution >= 0.6 is 0 Å². The molecule has 0 atom stereocenters. The van der Waals surface area contributed by atoms with E-state index >= 15 is 0 Å². The second-order valence-corrected chi connectivity index (χ2v) is 6.64. The first-order chi connectivity index (χ1) is 12.1. The normalized spacial score (nSPS) is 17.7. The minimum Gasteiger partial charge on any atom is -0.477 e. The Morgan fingerprint density at radius 2 is 1.84 bits per heavy atom. The van der Waals surface area contributed by atoms with E-state index in [0.29, 0.717) is 18.8 Å². The fourth-order valence-corrected chi connectivity index (χ4v) is 3.95. The molecule has 1 N–H and O–H groups in total. The van der Waals surface area contributed by atoms with Crippen molar-refractivity contribution in [1.29, 1.82) is 0 Å². The molecule has 1 fully saturated rings. The average molecular weight is 340 g/mol. The van der Waals surface area contributed by atoms with Crippen molar-refractivity contribution >= 4 is 12.1 Å². The van der Waals surface area contributed by atoms with Crippen molar-refractivity contribution in [2.75, 3.05) is 6.54 Å². The van der Waals surface area contributed by atoms with Crippen molar-refractivity contribution in [1.82, 2.24) is 9.47 Å². The van der Waals surface area contributed by atoms with Gasteiger partial charge in [0.05, 0.1) is 5.54 Å². The number of fused-ring (bicyclic) bond motifs is 2. The molecule has 6 nitrogen and oxygen atoms in total. The van der Waals surface area contributed by atoms with Gasteiger partial charge in [-0.1, -0.05) is 30.3 Å². The molecule has 2 aromatic rings. The zero-order valence-corrected chi connectivity index (χ0v) is 13.9. The summed E-state index contributed by atoms with van der Waals surface area (Å²) in [5, 5.41) is 9.35. The van der Waals surface area contributed by atoms with Crippen molar-refractivity contribution in [3.63, 3.8) is 0 Å². The van der Waals surface area contributed by atoms with Crippen LogP contribution in [0.25, 0.3) is 0 Å². The fourth-order valence-electron chi connectivity index (χ4n) is 3.95. The number of ether oxygens (including phenoxy) is 1. The van der Waals surface area contributed by atoms with Crippen LogP contribution in [0.5, 0.6) is 0 Å². The third kappa shape index (κ3) is 2.49. The molecule has 1 aromatic heterocycles. The Bertz CT molecular complexity index is 808. The summed E-state index contributed by atoms with van der Waals surface area (Å²) < 4.78 is 7.37. The molecule has 4 rings (SSSR count). The second-order valence-electron chi connectivity index (χ2n) is 6.64. The Balaban J connectivity index is 1.56. The molecular weight excluding hydrogens is 320 g/mol. The number of carbonyl (C=O) groups excluding carboxylic acids is 1. The number of aromatic carboxylic acids is 1. The zero-order valence-electron chi connectivity index (χ0n) is 13.9. The number of carboxylic acid groups (broad SMARTS) is 1. The molecule has 1 aliphatic heterocycles. The van der Waals surface area contributed by atoms with E-state index in [4.69, 9.17) is 4.74 Å². The maximum atomic E-state index is 12.7. The van der Waals surface area contributed by atoms with Crippen LogP contribution in [-0.4, -0.2) is 33.2 Å². The van der Waals surface area contributed by atoms with Gasteiger partial charge in [-0.3, -0.25) is 4.90 Å². The number of aromatic nitrogens is 1. The van der Waals surface area contributed by atoms with Crippen molar-refractivity contribution in [2.45, 2.75) is 38.0 Å². The molecule has 130 valence electrons. The Morgan fingerprint density at radius 1 is 1.08 bits per heavy atom. The maximum absolute atomic E-state index is 12.7. The van der Waals surface area contributed by atoms with E-state index in [0.717, 1.165) is 30.5 Å². The van der Waals surface area contributed by atoms with E-state index < -0.39 is 11.5 Å². The first kappa shape index (κ1) is 15.7. The lowest BCUT2D eigenvalue weighted by molar-refractivity contribution is -0.0176. The molecule has 1 spiro atoms. The predicted molar refractivity (Wildman–Crippen MR) is 90.3 cm³/mol. The zero-order chi connectivity index (χ0) is 17.4. The van der Waals surface area contributed by atoms with Crippen LogP contribution in [0.2, 0.25) is 0 Å². The SMILES string of the molecule is O=C(O)c1ccc2n1CCN(C(=O)OCc1ccccc1)C21CCC1. The minimum atomic E-state index is -0.930. The van der Waals surface area contributed by atoms with Gasteiger partial charge in [0.15, 0.2) is 0 Å². The number of hydrogen-bond donors (Lipinski definition) is 1. The Morgan fingerprint density at radius 3 is 2.48 bits per heavy atom. The summed E-state index contributed by atoms with van der Waals surface area (Å²) in [5.41, 5.74) is 1.74. The van der Waals surface area contributed by atoms with E-state index in [-0.39, 0.29) is 12.7 Å². The molecule has 25 heavy (non-hydrogen) atoms. The number of carbonyl (C=O) groups is 2. The van der Waals surface area contributed by atoms with E-state index in [9.17, 15) is 14.7 Å². The van der Waals surface area contributed by atoms with Crippen molar-refractivity contribution in [2.24, 2.45) is 0 Å². The molecule has 2 aliphatic rings. The van der Waals surface area contributed by atoms with Crippen LogP contribution in [0.4, 0.5) is 4.79 Å². The van der Waals surface area contributed by atoms with Crippen LogP contribution in [0.3, 0.4) is 0 Å². The van der Waals surface area contributed by atoms with Crippen LogP contribution in [0.1, 0.15) is 41.0 Å². The number of nitrogens with zero attached hydrogens (tertiary/aromatic N) is 2. The summed E-state index contributed by atoms with van der Waals surface area (Å²) in [4.78, 5) is 25.9. The Labute approximate surface area is 145 Å². The first-order valence-electron chi connectivity index (χ1n) is 8.53. The molecule has 0 bridgehead atoms. The lowest BCUT2D eigenvalue weighted by atomic mass is 9.72. The highest BCUT2D eigenvalue weighted by molar-refractivity contribution is 5.86. The first-order valence-corrected chi connectivity index (χ1v) is 8.53. The third-order valence-corrected chi connectivity index (χ3v) is 5.35. The summed E-state index contributed by atoms with van der Waals surface area (Å²) in [5.74, 6) is -0.930. The fraction of sp³-hybridized carbons (Fsp3) is 0.368. The summed E-state index contributed by atoms with van der Waals surface area (Å²) in [6.07, 6.45) is 2.39. The molecule has 1 aromatic carbocycles. The van der Waals surface area contributed by atoms with Gasteiger partial charge in [0, 0.05) is 18.8 Å². The van der Waals surface area contributed by atoms with Crippen molar-refractivity contribution in [3.8, 4) is 0 Å². The van der Waals surface area contributed by atoms with Gasteiger partial charge in [-0.25, -0.2) is 9.59 Å². The molecule has 0 unspecified atom stereocenters. The van der Waals surface area contributed by atoms with E-state index in [1.165, 1.54) is 0 Å². The van der Waals surface area contributed by atoms with Crippen molar-refractivity contribution in [3.05, 3.63) is 59.4 Å². The van der Waals surface area contributed by atoms with E-state index in [1.807, 2.05) is 41.0 Å². The monoisotopic (exact) mass is 340 g/mol. The lowest BCUT2D eigenvalue weighted by Gasteiger charge is -2.52. The van der Waals surface area contributed by atoms with Crippen LogP contribution in [0, 0.1) is 0 Å². The van der Waals surface area contributed by atoms with Gasteiger partial charge in [-0.15, -0.1) is 0 Å². The van der Waals surface area contributed by atoms with Gasteiger partial charge in [-0.05, 0) is 37.0 Å². The molecule has 1 amide bonds. The highest BCUT2D eigenvalue weighted by Crippen LogP contribution is 2.49. The number of hydrogen-bond acceptors (Lipinski definition) is 3. The number of benzene rings is 1. The van der Waals surface area contributed by atoms with Gasteiger partial charge in [0.2, 0.25) is 0 Å². The van der Waals surface area contributed by atoms with Crippen LogP contribution < -0.4 is 0 Å². The molecule has 0 saturated heterocycles. The van der Waals surface area contributed by atoms with E-state index in [2.05, 4.69) is 0 Å². The van der Waals surface area contributed by atoms with Crippen LogP contribution in [0.15, 0.2) is 42.5 Å². The van der Waals surface area contributed by atoms with Crippen LogP contribution in [-0.2, 0) is 23.4 Å². The predicted octanol–water partition coefficient (Wildman–Crippen LogP) is 3.22. The van der Waals surface area contributed by atoms with Gasteiger partial charge in [-0.2, -0.15) is 0 Å². The average Bonchev–Trinajstić information content (AvgIpc) is 3.02. The summed E-state index contributed by atoms with van der Waals surface area (Å²) in [6, 6.07) is 13.1. The lowest BCUT2D eigenvalue weighted by Crippen LogP contribution is -2.58. The molecular formula is C19H20N2O4. The minimum absolute atomic E-state index is 0.244. The van der Waals surface area contributed by atoms with Gasteiger partial charge >= 0.3 is 12.1 Å². The highest BCUT2D eigenvalue weighted by Gasteiger charge is 2.51. The molecule has 1 aliphatic carbocycles. The Kier molecular flexibility index (Phi) is 3.75. The largest absolute Gasteiger partial charge is 0.477 e. The highest BCUT2D eigenvalue weighted by atomic mass is 16.6.